The van der Waals surface area contributed by atoms with Crippen LogP contribution < -0.4 is 11.1 Å². The van der Waals surface area contributed by atoms with Crippen LogP contribution in [0.2, 0.25) is 0 Å². The van der Waals surface area contributed by atoms with E-state index < -0.39 is 0 Å². The van der Waals surface area contributed by atoms with Crippen molar-refractivity contribution in [3.63, 3.8) is 0 Å². The van der Waals surface area contributed by atoms with Crippen molar-refractivity contribution in [2.24, 2.45) is 5.73 Å². The summed E-state index contributed by atoms with van der Waals surface area (Å²) in [4.78, 5) is 8.59. The molecule has 1 atom stereocenters. The van der Waals surface area contributed by atoms with Crippen LogP contribution in [0.1, 0.15) is 19.0 Å². The summed E-state index contributed by atoms with van der Waals surface area (Å²) in [6, 6.07) is 1.71. The van der Waals surface area contributed by atoms with Gasteiger partial charge in [0.15, 0.2) is 0 Å². The monoisotopic (exact) mass is 256 g/mol. The van der Waals surface area contributed by atoms with Gasteiger partial charge in [-0.25, -0.2) is 9.97 Å². The minimum atomic E-state index is 0.294. The van der Waals surface area contributed by atoms with E-state index in [1.807, 2.05) is 11.8 Å². The fraction of sp³-hybridized carbons (Fsp3) is 0.500. The molecule has 1 rings (SSSR count). The molecule has 0 aliphatic rings. The van der Waals surface area contributed by atoms with Gasteiger partial charge in [-0.05, 0) is 18.7 Å². The van der Waals surface area contributed by atoms with E-state index in [0.717, 1.165) is 13.0 Å². The molecule has 0 fully saturated rings. The van der Waals surface area contributed by atoms with Crippen molar-refractivity contribution in [3.8, 4) is 0 Å². The number of aromatic nitrogens is 2. The number of thioether (sulfide) groups is 1. The molecule has 0 saturated carbocycles. The summed E-state index contributed by atoms with van der Waals surface area (Å²) >= 11 is 6.70. The van der Waals surface area contributed by atoms with Crippen molar-refractivity contribution in [1.82, 2.24) is 9.97 Å². The maximum absolute atomic E-state index is 5.49. The molecule has 1 aromatic rings. The summed E-state index contributed by atoms with van der Waals surface area (Å²) in [5.41, 5.74) is 6.09. The number of nitrogens with two attached hydrogens (primary N) is 1. The quantitative estimate of drug-likeness (QED) is 0.755. The Morgan fingerprint density at radius 2 is 2.44 bits per heavy atom. The lowest BCUT2D eigenvalue weighted by Gasteiger charge is -2.09. The van der Waals surface area contributed by atoms with Crippen LogP contribution in [0, 0.1) is 0 Å². The number of anilines is 1. The fourth-order valence-corrected chi connectivity index (χ4v) is 1.55. The highest BCUT2D eigenvalue weighted by molar-refractivity contribution is 7.99. The van der Waals surface area contributed by atoms with E-state index in [-0.39, 0.29) is 0 Å². The first kappa shape index (κ1) is 13.2. The van der Waals surface area contributed by atoms with Gasteiger partial charge >= 0.3 is 0 Å². The number of thiocarbonyl (C=S) groups is 1. The van der Waals surface area contributed by atoms with Gasteiger partial charge in [-0.1, -0.05) is 19.1 Å². The van der Waals surface area contributed by atoms with Crippen molar-refractivity contribution in [3.05, 3.63) is 18.0 Å². The molecule has 0 saturated heterocycles. The summed E-state index contributed by atoms with van der Waals surface area (Å²) < 4.78 is 0. The summed E-state index contributed by atoms with van der Waals surface area (Å²) in [5, 5.41) is 3.79. The molecule has 3 N–H and O–H groups in total. The van der Waals surface area contributed by atoms with Crippen molar-refractivity contribution < 1.29 is 0 Å². The lowest BCUT2D eigenvalue weighted by Crippen LogP contribution is -2.15. The van der Waals surface area contributed by atoms with Gasteiger partial charge in [0.05, 0.1) is 0 Å². The van der Waals surface area contributed by atoms with Crippen molar-refractivity contribution in [1.29, 1.82) is 0 Å². The first-order valence-corrected chi connectivity index (χ1v) is 6.72. The van der Waals surface area contributed by atoms with Gasteiger partial charge in [0, 0.05) is 18.0 Å². The molecule has 6 heteroatoms. The molecule has 0 aromatic carbocycles. The zero-order chi connectivity index (χ0) is 12.0. The maximum atomic E-state index is 5.49. The minimum Gasteiger partial charge on any atom is -0.388 e. The highest BCUT2D eigenvalue weighted by Crippen LogP contribution is 2.09. The Morgan fingerprint density at radius 1 is 1.69 bits per heavy atom. The van der Waals surface area contributed by atoms with Crippen LogP contribution in [-0.2, 0) is 0 Å². The molecular formula is C10H16N4S2. The summed E-state index contributed by atoms with van der Waals surface area (Å²) in [7, 11) is 0. The topological polar surface area (TPSA) is 63.8 Å². The van der Waals surface area contributed by atoms with Crippen LogP contribution in [0.15, 0.2) is 12.3 Å². The highest BCUT2D eigenvalue weighted by Gasteiger charge is 2.02. The van der Waals surface area contributed by atoms with E-state index in [0.29, 0.717) is 21.9 Å². The molecule has 1 aromatic heterocycles. The van der Waals surface area contributed by atoms with E-state index in [4.69, 9.17) is 18.0 Å². The number of rotatable bonds is 6. The van der Waals surface area contributed by atoms with Crippen molar-refractivity contribution in [2.45, 2.75) is 18.6 Å². The molecule has 0 aliphatic heterocycles. The molecule has 88 valence electrons. The second kappa shape index (κ2) is 6.65. The first-order valence-electron chi connectivity index (χ1n) is 5.03. The third-order valence-electron chi connectivity index (χ3n) is 2.14. The van der Waals surface area contributed by atoms with Crippen LogP contribution in [0.5, 0.6) is 0 Å². The summed E-state index contributed by atoms with van der Waals surface area (Å²) in [5.74, 6) is 0.582. The first-order chi connectivity index (χ1) is 7.63. The normalized spacial score (nSPS) is 12.1. The number of nitrogens with zero attached hydrogens (tertiary/aromatic N) is 2. The zero-order valence-electron chi connectivity index (χ0n) is 9.43. The predicted molar refractivity (Wildman–Crippen MR) is 74.0 cm³/mol. The van der Waals surface area contributed by atoms with Crippen LogP contribution in [0.25, 0.3) is 0 Å². The fourth-order valence-electron chi connectivity index (χ4n) is 1.09. The van der Waals surface area contributed by atoms with Gasteiger partial charge in [0.2, 0.25) is 5.95 Å². The number of nitrogens with one attached hydrogen (secondary N) is 1. The van der Waals surface area contributed by atoms with E-state index in [9.17, 15) is 0 Å². The van der Waals surface area contributed by atoms with Crippen LogP contribution >= 0.6 is 24.0 Å². The van der Waals surface area contributed by atoms with Gasteiger partial charge in [0.1, 0.15) is 10.7 Å². The Bertz CT molecular complexity index is 356. The Labute approximate surface area is 105 Å². The average molecular weight is 256 g/mol. The van der Waals surface area contributed by atoms with E-state index in [1.165, 1.54) is 0 Å². The van der Waals surface area contributed by atoms with Gasteiger partial charge in [0.25, 0.3) is 0 Å². The van der Waals surface area contributed by atoms with E-state index in [1.54, 1.807) is 12.3 Å². The third kappa shape index (κ3) is 4.32. The molecule has 0 spiro atoms. The number of hydrogen-bond donors (Lipinski definition) is 2. The molecule has 0 amide bonds. The van der Waals surface area contributed by atoms with Crippen LogP contribution in [0.4, 0.5) is 5.95 Å². The van der Waals surface area contributed by atoms with Crippen LogP contribution in [-0.4, -0.2) is 33.0 Å². The number of hydrogen-bond acceptors (Lipinski definition) is 5. The van der Waals surface area contributed by atoms with Gasteiger partial charge in [-0.3, -0.25) is 0 Å². The predicted octanol–water partition coefficient (Wildman–Crippen LogP) is 1.66. The molecule has 4 nitrogen and oxygen atoms in total. The Morgan fingerprint density at radius 3 is 3.06 bits per heavy atom. The molecule has 1 unspecified atom stereocenters. The standard InChI is InChI=1S/C10H16N4S2/c1-7(16-2)3-5-12-10-13-6-4-8(14-10)9(11)15/h4,6-7H,3,5H2,1-2H3,(H2,11,15)(H,12,13,14). The SMILES string of the molecule is CSC(C)CCNc1nccc(C(N)=S)n1. The minimum absolute atomic E-state index is 0.294. The van der Waals surface area contributed by atoms with Gasteiger partial charge in [-0.2, -0.15) is 11.8 Å². The summed E-state index contributed by atoms with van der Waals surface area (Å²) in [6.07, 6.45) is 4.83. The zero-order valence-corrected chi connectivity index (χ0v) is 11.1. The molecule has 0 radical (unpaired) electrons. The third-order valence-corrected chi connectivity index (χ3v) is 3.39. The van der Waals surface area contributed by atoms with E-state index >= 15 is 0 Å². The Balaban J connectivity index is 2.48. The average Bonchev–Trinajstić information content (AvgIpc) is 2.29. The molecule has 0 bridgehead atoms. The molecule has 16 heavy (non-hydrogen) atoms. The van der Waals surface area contributed by atoms with E-state index in [2.05, 4.69) is 28.5 Å². The maximum Gasteiger partial charge on any atom is 0.223 e. The van der Waals surface area contributed by atoms with Crippen molar-refractivity contribution in [2.75, 3.05) is 18.1 Å². The Hall–Kier alpha value is -0.880. The largest absolute Gasteiger partial charge is 0.388 e. The molecule has 1 heterocycles. The van der Waals surface area contributed by atoms with Gasteiger partial charge < -0.3 is 11.1 Å². The second-order valence-electron chi connectivity index (χ2n) is 3.39. The summed E-state index contributed by atoms with van der Waals surface area (Å²) in [6.45, 7) is 3.04. The molecular weight excluding hydrogens is 240 g/mol. The smallest absolute Gasteiger partial charge is 0.223 e. The van der Waals surface area contributed by atoms with Crippen molar-refractivity contribution >= 4 is 34.9 Å². The van der Waals surface area contributed by atoms with Gasteiger partial charge in [-0.15, -0.1) is 0 Å². The molecule has 0 aliphatic carbocycles. The van der Waals surface area contributed by atoms with Crippen LogP contribution in [0.3, 0.4) is 0 Å². The lowest BCUT2D eigenvalue weighted by molar-refractivity contribution is 0.844. The Kier molecular flexibility index (Phi) is 5.48. The lowest BCUT2D eigenvalue weighted by atomic mass is 10.3. The second-order valence-corrected chi connectivity index (χ2v) is 5.11. The highest BCUT2D eigenvalue weighted by atomic mass is 32.2.